The quantitative estimate of drug-likeness (QED) is 0.447. The first-order valence-corrected chi connectivity index (χ1v) is 13.0. The van der Waals surface area contributed by atoms with Gasteiger partial charge in [0.15, 0.2) is 5.96 Å². The molecule has 0 aromatic heterocycles. The number of hydrogen-bond donors (Lipinski definition) is 3. The van der Waals surface area contributed by atoms with Gasteiger partial charge in [-0.2, -0.15) is 0 Å². The molecule has 1 aliphatic carbocycles. The number of piperidine rings is 2. The standard InChI is InChI=1S/C26H43N5O/c1-2-27-26(29-23-13-17-31(18-14-23)24-5-3-4-6-24)28-19-21-7-9-25(10-8-21)30-15-11-22(20-32)12-16-30/h7-10,22-24,32H,2-6,11-20H2,1H3,(H2,27,28,29). The maximum absolute atomic E-state index is 9.34. The third-order valence-corrected chi connectivity index (χ3v) is 7.65. The van der Waals surface area contributed by atoms with Crippen molar-refractivity contribution >= 4 is 11.6 Å². The second-order valence-corrected chi connectivity index (χ2v) is 9.87. The van der Waals surface area contributed by atoms with Crippen LogP contribution in [-0.4, -0.2) is 67.4 Å². The van der Waals surface area contributed by atoms with Gasteiger partial charge in [0, 0.05) is 57.1 Å². The van der Waals surface area contributed by atoms with E-state index in [4.69, 9.17) is 4.99 Å². The molecule has 0 amide bonds. The van der Waals surface area contributed by atoms with Crippen molar-refractivity contribution in [2.75, 3.05) is 44.2 Å². The molecule has 6 nitrogen and oxygen atoms in total. The van der Waals surface area contributed by atoms with Crippen LogP contribution in [0, 0.1) is 5.92 Å². The number of benzene rings is 1. The number of anilines is 1. The molecule has 0 spiro atoms. The fourth-order valence-electron chi connectivity index (χ4n) is 5.55. The molecule has 2 saturated heterocycles. The number of aliphatic hydroxyl groups excluding tert-OH is 1. The van der Waals surface area contributed by atoms with E-state index in [9.17, 15) is 5.11 Å². The largest absolute Gasteiger partial charge is 0.396 e. The van der Waals surface area contributed by atoms with E-state index in [1.807, 2.05) is 0 Å². The molecule has 2 aliphatic heterocycles. The SMILES string of the molecule is CCNC(=NCc1ccc(N2CCC(CO)CC2)cc1)NC1CCN(C2CCCC2)CC1. The highest BCUT2D eigenvalue weighted by atomic mass is 16.3. The Hall–Kier alpha value is -1.79. The van der Waals surface area contributed by atoms with Gasteiger partial charge >= 0.3 is 0 Å². The molecule has 2 heterocycles. The molecular weight excluding hydrogens is 398 g/mol. The molecule has 0 atom stereocenters. The summed E-state index contributed by atoms with van der Waals surface area (Å²) in [6.45, 7) is 8.56. The summed E-state index contributed by atoms with van der Waals surface area (Å²) in [6.07, 6.45) is 10.2. The molecule has 0 bridgehead atoms. The van der Waals surface area contributed by atoms with Gasteiger partial charge in [0.25, 0.3) is 0 Å². The number of rotatable bonds is 7. The molecule has 1 saturated carbocycles. The lowest BCUT2D eigenvalue weighted by Gasteiger charge is -2.36. The molecule has 3 N–H and O–H groups in total. The number of nitrogens with zero attached hydrogens (tertiary/aromatic N) is 3. The number of aliphatic imine (C=N–C) groups is 1. The van der Waals surface area contributed by atoms with Crippen molar-refractivity contribution in [3.8, 4) is 0 Å². The fourth-order valence-corrected chi connectivity index (χ4v) is 5.55. The van der Waals surface area contributed by atoms with E-state index in [1.165, 1.54) is 62.9 Å². The number of likely N-dealkylation sites (tertiary alicyclic amines) is 1. The van der Waals surface area contributed by atoms with Gasteiger partial charge < -0.3 is 25.5 Å². The second-order valence-electron chi connectivity index (χ2n) is 9.87. The van der Waals surface area contributed by atoms with Gasteiger partial charge in [-0.3, -0.25) is 0 Å². The lowest BCUT2D eigenvalue weighted by molar-refractivity contribution is 0.150. The molecule has 4 rings (SSSR count). The molecule has 0 unspecified atom stereocenters. The van der Waals surface area contributed by atoms with Crippen LogP contribution in [0.4, 0.5) is 5.69 Å². The highest BCUT2D eigenvalue weighted by Crippen LogP contribution is 2.26. The van der Waals surface area contributed by atoms with Crippen LogP contribution in [0.2, 0.25) is 0 Å². The van der Waals surface area contributed by atoms with Gasteiger partial charge in [-0.25, -0.2) is 4.99 Å². The van der Waals surface area contributed by atoms with Crippen LogP contribution < -0.4 is 15.5 Å². The van der Waals surface area contributed by atoms with E-state index >= 15 is 0 Å². The van der Waals surface area contributed by atoms with Crippen LogP contribution in [0.3, 0.4) is 0 Å². The maximum Gasteiger partial charge on any atom is 0.191 e. The maximum atomic E-state index is 9.34. The Kier molecular flexibility index (Phi) is 8.69. The average molecular weight is 442 g/mol. The normalized spacial score (nSPS) is 22.4. The van der Waals surface area contributed by atoms with Gasteiger partial charge in [-0.1, -0.05) is 25.0 Å². The first-order valence-electron chi connectivity index (χ1n) is 13.0. The van der Waals surface area contributed by atoms with E-state index in [-0.39, 0.29) is 0 Å². The molecule has 178 valence electrons. The number of guanidine groups is 1. The smallest absolute Gasteiger partial charge is 0.191 e. The number of aliphatic hydroxyl groups is 1. The summed E-state index contributed by atoms with van der Waals surface area (Å²) >= 11 is 0. The van der Waals surface area contributed by atoms with E-state index in [1.54, 1.807) is 0 Å². The van der Waals surface area contributed by atoms with Crippen LogP contribution in [0.25, 0.3) is 0 Å². The predicted octanol–water partition coefficient (Wildman–Crippen LogP) is 3.36. The first-order chi connectivity index (χ1) is 15.7. The van der Waals surface area contributed by atoms with E-state index in [0.717, 1.165) is 44.5 Å². The van der Waals surface area contributed by atoms with Crippen LogP contribution in [-0.2, 0) is 6.54 Å². The summed E-state index contributed by atoms with van der Waals surface area (Å²) in [5.74, 6) is 1.42. The lowest BCUT2D eigenvalue weighted by atomic mass is 9.97. The zero-order valence-electron chi connectivity index (χ0n) is 19.9. The molecular formula is C26H43N5O. The van der Waals surface area contributed by atoms with E-state index in [2.05, 4.69) is 51.6 Å². The first kappa shape index (κ1) is 23.4. The fraction of sp³-hybridized carbons (Fsp3) is 0.731. The summed E-state index contributed by atoms with van der Waals surface area (Å²) in [5.41, 5.74) is 2.53. The van der Waals surface area contributed by atoms with Gasteiger partial charge in [-0.05, 0) is 69.1 Å². The molecule has 1 aromatic carbocycles. The lowest BCUT2D eigenvalue weighted by Crippen LogP contribution is -2.50. The Bertz CT molecular complexity index is 699. The van der Waals surface area contributed by atoms with Crippen molar-refractivity contribution < 1.29 is 5.11 Å². The zero-order chi connectivity index (χ0) is 22.2. The van der Waals surface area contributed by atoms with Crippen LogP contribution in [0.15, 0.2) is 29.3 Å². The topological polar surface area (TPSA) is 63.1 Å². The minimum Gasteiger partial charge on any atom is -0.396 e. The summed E-state index contributed by atoms with van der Waals surface area (Å²) in [5, 5.41) is 16.5. The van der Waals surface area contributed by atoms with Gasteiger partial charge in [-0.15, -0.1) is 0 Å². The highest BCUT2D eigenvalue weighted by molar-refractivity contribution is 5.80. The van der Waals surface area contributed by atoms with Crippen LogP contribution >= 0.6 is 0 Å². The highest BCUT2D eigenvalue weighted by Gasteiger charge is 2.27. The molecule has 32 heavy (non-hydrogen) atoms. The average Bonchev–Trinajstić information content (AvgIpc) is 3.39. The van der Waals surface area contributed by atoms with Gasteiger partial charge in [0.1, 0.15) is 0 Å². The van der Waals surface area contributed by atoms with Crippen molar-refractivity contribution in [1.29, 1.82) is 0 Å². The van der Waals surface area contributed by atoms with Crippen molar-refractivity contribution in [3.63, 3.8) is 0 Å². The molecule has 6 heteroatoms. The monoisotopic (exact) mass is 441 g/mol. The minimum atomic E-state index is 0.326. The van der Waals surface area contributed by atoms with E-state index in [0.29, 0.717) is 25.1 Å². The van der Waals surface area contributed by atoms with Crippen molar-refractivity contribution in [2.24, 2.45) is 10.9 Å². The number of hydrogen-bond acceptors (Lipinski definition) is 4. The van der Waals surface area contributed by atoms with Crippen LogP contribution in [0.1, 0.15) is 63.9 Å². The third-order valence-electron chi connectivity index (χ3n) is 7.65. The zero-order valence-corrected chi connectivity index (χ0v) is 19.9. The van der Waals surface area contributed by atoms with Crippen molar-refractivity contribution in [2.45, 2.75) is 76.9 Å². The van der Waals surface area contributed by atoms with Gasteiger partial charge in [0.2, 0.25) is 0 Å². The second kappa shape index (κ2) is 11.9. The molecule has 0 radical (unpaired) electrons. The Morgan fingerprint density at radius 1 is 0.969 bits per heavy atom. The van der Waals surface area contributed by atoms with E-state index < -0.39 is 0 Å². The molecule has 3 fully saturated rings. The number of nitrogens with one attached hydrogen (secondary N) is 2. The van der Waals surface area contributed by atoms with Crippen LogP contribution in [0.5, 0.6) is 0 Å². The van der Waals surface area contributed by atoms with Crippen molar-refractivity contribution in [1.82, 2.24) is 15.5 Å². The van der Waals surface area contributed by atoms with Gasteiger partial charge in [0.05, 0.1) is 6.54 Å². The predicted molar refractivity (Wildman–Crippen MR) is 133 cm³/mol. The Balaban J connectivity index is 1.26. The Morgan fingerprint density at radius 3 is 2.28 bits per heavy atom. The molecule has 1 aromatic rings. The Labute approximate surface area is 194 Å². The molecule has 3 aliphatic rings. The summed E-state index contributed by atoms with van der Waals surface area (Å²) in [6, 6.07) is 10.2. The minimum absolute atomic E-state index is 0.326. The third kappa shape index (κ3) is 6.38. The Morgan fingerprint density at radius 2 is 1.66 bits per heavy atom. The summed E-state index contributed by atoms with van der Waals surface area (Å²) < 4.78 is 0. The summed E-state index contributed by atoms with van der Waals surface area (Å²) in [4.78, 5) is 10.0. The van der Waals surface area contributed by atoms with Crippen molar-refractivity contribution in [3.05, 3.63) is 29.8 Å². The summed E-state index contributed by atoms with van der Waals surface area (Å²) in [7, 11) is 0.